The summed E-state index contributed by atoms with van der Waals surface area (Å²) in [6.07, 6.45) is 1.88. The summed E-state index contributed by atoms with van der Waals surface area (Å²) in [5.41, 5.74) is -0.426. The minimum atomic E-state index is -0.759. The average Bonchev–Trinajstić information content (AvgIpc) is 3.44. The fourth-order valence-electron chi connectivity index (χ4n) is 6.32. The van der Waals surface area contributed by atoms with E-state index in [-0.39, 0.29) is 11.8 Å². The van der Waals surface area contributed by atoms with E-state index in [1.54, 1.807) is 24.3 Å². The van der Waals surface area contributed by atoms with Crippen LogP contribution >= 0.6 is 11.6 Å². The van der Waals surface area contributed by atoms with Crippen LogP contribution in [0.15, 0.2) is 60.7 Å². The lowest BCUT2D eigenvalue weighted by atomic mass is 9.67. The molecule has 4 atom stereocenters. The molecule has 3 aliphatic heterocycles. The highest BCUT2D eigenvalue weighted by atomic mass is 35.5. The number of nitriles is 1. The number of nitrogens with zero attached hydrogens (tertiary/aromatic N) is 2. The summed E-state index contributed by atoms with van der Waals surface area (Å²) in [5.74, 6) is -1.00. The highest BCUT2D eigenvalue weighted by Gasteiger charge is 2.73. The Bertz CT molecular complexity index is 1430. The molecule has 0 radical (unpaired) electrons. The molecule has 3 heterocycles. The Morgan fingerprint density at radius 2 is 1.74 bits per heavy atom. The molecule has 0 aliphatic carbocycles. The van der Waals surface area contributed by atoms with E-state index in [1.165, 1.54) is 4.90 Å². The van der Waals surface area contributed by atoms with E-state index in [4.69, 9.17) is 21.1 Å². The first-order valence-electron chi connectivity index (χ1n) is 11.8. The van der Waals surface area contributed by atoms with Crippen LogP contribution in [-0.4, -0.2) is 29.6 Å². The van der Waals surface area contributed by atoms with Gasteiger partial charge < -0.3 is 9.47 Å². The zero-order valence-corrected chi connectivity index (χ0v) is 19.9. The Morgan fingerprint density at radius 1 is 1.03 bits per heavy atom. The van der Waals surface area contributed by atoms with Gasteiger partial charge in [0, 0.05) is 17.2 Å². The summed E-state index contributed by atoms with van der Waals surface area (Å²) < 4.78 is 12.4. The maximum atomic E-state index is 13.9. The van der Waals surface area contributed by atoms with Crippen molar-refractivity contribution in [2.45, 2.75) is 37.4 Å². The van der Waals surface area contributed by atoms with Crippen LogP contribution in [0.4, 0.5) is 5.69 Å². The van der Waals surface area contributed by atoms with Crippen LogP contribution in [0.2, 0.25) is 5.02 Å². The maximum Gasteiger partial charge on any atom is 0.240 e. The van der Waals surface area contributed by atoms with Crippen molar-refractivity contribution in [1.82, 2.24) is 0 Å². The van der Waals surface area contributed by atoms with Crippen LogP contribution in [0.3, 0.4) is 0 Å². The molecule has 3 saturated heterocycles. The number of fused-ring (bicyclic) bond motifs is 6. The van der Waals surface area contributed by atoms with Crippen LogP contribution in [0.25, 0.3) is 10.8 Å². The molecule has 2 bridgehead atoms. The molecule has 7 heteroatoms. The minimum absolute atomic E-state index is 0.231. The first-order chi connectivity index (χ1) is 16.9. The number of carbonyl (C=O) groups is 2. The number of halogens is 1. The van der Waals surface area contributed by atoms with Gasteiger partial charge in [-0.25, -0.2) is 4.90 Å². The predicted molar refractivity (Wildman–Crippen MR) is 131 cm³/mol. The van der Waals surface area contributed by atoms with Gasteiger partial charge in [0.15, 0.2) is 0 Å². The third kappa shape index (κ3) is 3.12. The molecule has 6 nitrogen and oxygen atoms in total. The van der Waals surface area contributed by atoms with Gasteiger partial charge in [0.2, 0.25) is 11.8 Å². The molecule has 3 aromatic rings. The van der Waals surface area contributed by atoms with Crippen LogP contribution in [0, 0.1) is 23.2 Å². The van der Waals surface area contributed by atoms with Gasteiger partial charge >= 0.3 is 0 Å². The summed E-state index contributed by atoms with van der Waals surface area (Å²) in [7, 11) is 0. The van der Waals surface area contributed by atoms with E-state index >= 15 is 0 Å². The molecule has 176 valence electrons. The fraction of sp³-hybridized carbons (Fsp3) is 0.321. The molecule has 35 heavy (non-hydrogen) atoms. The lowest BCUT2D eigenvalue weighted by Crippen LogP contribution is -2.43. The normalized spacial score (nSPS) is 29.0. The van der Waals surface area contributed by atoms with Crippen molar-refractivity contribution in [3.05, 3.63) is 71.2 Å². The second-order valence-corrected chi connectivity index (χ2v) is 10.2. The Hall–Kier alpha value is -3.40. The molecular weight excluding hydrogens is 464 g/mol. The van der Waals surface area contributed by atoms with Crippen molar-refractivity contribution in [3.8, 4) is 11.8 Å². The van der Waals surface area contributed by atoms with Crippen LogP contribution < -0.4 is 9.64 Å². The van der Waals surface area contributed by atoms with E-state index in [0.717, 1.165) is 5.39 Å². The number of carbonyl (C=O) groups excluding carboxylic acids is 2. The van der Waals surface area contributed by atoms with Crippen molar-refractivity contribution in [2.75, 3.05) is 11.5 Å². The monoisotopic (exact) mass is 486 g/mol. The molecular formula is C28H23ClN2O4. The molecule has 0 N–H and O–H groups in total. The smallest absolute Gasteiger partial charge is 0.240 e. The first-order valence-corrected chi connectivity index (χ1v) is 12.1. The molecule has 3 aliphatic rings. The summed E-state index contributed by atoms with van der Waals surface area (Å²) in [6, 6.07) is 20.2. The second-order valence-electron chi connectivity index (χ2n) is 9.77. The first kappa shape index (κ1) is 22.1. The number of hydrogen-bond donors (Lipinski definition) is 0. The quantitative estimate of drug-likeness (QED) is 0.459. The molecule has 3 aromatic carbocycles. The van der Waals surface area contributed by atoms with Crippen LogP contribution in [0.5, 0.6) is 5.75 Å². The van der Waals surface area contributed by atoms with E-state index < -0.39 is 23.0 Å². The number of imide groups is 1. The average molecular weight is 487 g/mol. The number of rotatable bonds is 5. The fourth-order valence-corrected chi connectivity index (χ4v) is 6.51. The number of hydrogen-bond acceptors (Lipinski definition) is 5. The van der Waals surface area contributed by atoms with Gasteiger partial charge in [-0.1, -0.05) is 48.0 Å². The van der Waals surface area contributed by atoms with E-state index in [1.807, 2.05) is 43.3 Å². The Morgan fingerprint density at radius 3 is 2.51 bits per heavy atom. The van der Waals surface area contributed by atoms with E-state index in [9.17, 15) is 14.9 Å². The predicted octanol–water partition coefficient (Wildman–Crippen LogP) is 5.26. The lowest BCUT2D eigenvalue weighted by Gasteiger charge is -2.31. The van der Waals surface area contributed by atoms with Crippen molar-refractivity contribution in [1.29, 1.82) is 5.26 Å². The van der Waals surface area contributed by atoms with E-state index in [2.05, 4.69) is 6.07 Å². The Labute approximate surface area is 208 Å². The highest BCUT2D eigenvalue weighted by Crippen LogP contribution is 2.62. The third-order valence-corrected chi connectivity index (χ3v) is 8.21. The van der Waals surface area contributed by atoms with Gasteiger partial charge in [-0.3, -0.25) is 9.59 Å². The number of anilines is 1. The summed E-state index contributed by atoms with van der Waals surface area (Å²) in [4.78, 5) is 29.0. The Balaban J connectivity index is 1.35. The van der Waals surface area contributed by atoms with Gasteiger partial charge in [0.1, 0.15) is 5.75 Å². The van der Waals surface area contributed by atoms with Crippen molar-refractivity contribution < 1.29 is 19.1 Å². The van der Waals surface area contributed by atoms with Crippen LogP contribution in [-0.2, 0) is 14.3 Å². The van der Waals surface area contributed by atoms with Crippen molar-refractivity contribution in [2.24, 2.45) is 11.8 Å². The maximum absolute atomic E-state index is 13.9. The second kappa shape index (κ2) is 7.81. The largest absolute Gasteiger partial charge is 0.492 e. The highest BCUT2D eigenvalue weighted by molar-refractivity contribution is 6.32. The van der Waals surface area contributed by atoms with E-state index in [0.29, 0.717) is 53.3 Å². The summed E-state index contributed by atoms with van der Waals surface area (Å²) in [5, 5.41) is 11.5. The molecule has 0 saturated carbocycles. The minimum Gasteiger partial charge on any atom is -0.492 e. The molecule has 0 aromatic heterocycles. The standard InChI is InChI=1S/C28H23ClN2O4/c1-27-12-13-28(35-27,14-15-34-22-9-5-4-8-20(22)29)24-23(27)25(32)31(26(24)33)21-11-10-17(16-30)18-6-2-3-7-19(18)21/h2-11,23-24H,12-15H2,1H3. The summed E-state index contributed by atoms with van der Waals surface area (Å²) in [6.45, 7) is 2.27. The number of ether oxygens (including phenoxy) is 2. The van der Waals surface area contributed by atoms with Crippen molar-refractivity contribution in [3.63, 3.8) is 0 Å². The van der Waals surface area contributed by atoms with Crippen LogP contribution in [0.1, 0.15) is 31.7 Å². The lowest BCUT2D eigenvalue weighted by molar-refractivity contribution is -0.131. The molecule has 6 rings (SSSR count). The van der Waals surface area contributed by atoms with Gasteiger partial charge in [0.25, 0.3) is 0 Å². The SMILES string of the molecule is CC12CCC(CCOc3ccccc3Cl)(O1)C1C(=O)N(c3ccc(C#N)c4ccccc34)C(=O)C12. The molecule has 0 spiro atoms. The molecule has 2 amide bonds. The number of amides is 2. The van der Waals surface area contributed by atoms with Gasteiger partial charge in [-0.05, 0) is 44.0 Å². The topological polar surface area (TPSA) is 79.6 Å². The van der Waals surface area contributed by atoms with Gasteiger partial charge in [0.05, 0.1) is 52.0 Å². The third-order valence-electron chi connectivity index (χ3n) is 7.89. The van der Waals surface area contributed by atoms with Gasteiger partial charge in [-0.15, -0.1) is 0 Å². The Kier molecular flexibility index (Phi) is 4.93. The zero-order valence-electron chi connectivity index (χ0n) is 19.2. The number of benzene rings is 3. The van der Waals surface area contributed by atoms with Crippen molar-refractivity contribution >= 4 is 39.9 Å². The zero-order chi connectivity index (χ0) is 24.4. The summed E-state index contributed by atoms with van der Waals surface area (Å²) >= 11 is 6.22. The molecule has 3 fully saturated rings. The number of para-hydroxylation sites is 1. The van der Waals surface area contributed by atoms with Gasteiger partial charge in [-0.2, -0.15) is 5.26 Å². The molecule has 4 unspecified atom stereocenters.